The van der Waals surface area contributed by atoms with Crippen LogP contribution in [-0.2, 0) is 0 Å². The number of carbonyl (C=O) groups is 1. The number of rotatable bonds is 3. The van der Waals surface area contributed by atoms with E-state index in [1.54, 1.807) is 0 Å². The fourth-order valence-electron chi connectivity index (χ4n) is 3.05. The summed E-state index contributed by atoms with van der Waals surface area (Å²) in [5.74, 6) is 0.559. The van der Waals surface area contributed by atoms with Crippen LogP contribution in [0.4, 0.5) is 0 Å². The molecule has 1 heteroatoms. The van der Waals surface area contributed by atoms with E-state index in [-0.39, 0.29) is 5.78 Å². The van der Waals surface area contributed by atoms with E-state index in [2.05, 4.69) is 19.1 Å². The third kappa shape index (κ3) is 1.99. The summed E-state index contributed by atoms with van der Waals surface area (Å²) in [6.45, 7) is 2.21. The van der Waals surface area contributed by atoms with Gasteiger partial charge in [-0.25, -0.2) is 0 Å². The van der Waals surface area contributed by atoms with Crippen molar-refractivity contribution in [1.29, 1.82) is 0 Å². The second kappa shape index (κ2) is 5.00. The summed E-state index contributed by atoms with van der Waals surface area (Å²) >= 11 is 0. The Morgan fingerprint density at radius 1 is 0.895 bits per heavy atom. The Bertz CT molecular complexity index is 563. The van der Waals surface area contributed by atoms with Gasteiger partial charge in [-0.3, -0.25) is 4.79 Å². The first-order valence-electron chi connectivity index (χ1n) is 7.05. The molecule has 2 aromatic carbocycles. The summed E-state index contributed by atoms with van der Waals surface area (Å²) in [6.07, 6.45) is 3.51. The molecule has 0 aromatic heterocycles. The zero-order valence-electron chi connectivity index (χ0n) is 11.2. The minimum atomic E-state index is 0.180. The molecular weight excluding hydrogens is 232 g/mol. The van der Waals surface area contributed by atoms with E-state index in [1.807, 2.05) is 36.4 Å². The van der Waals surface area contributed by atoms with Crippen molar-refractivity contribution in [2.75, 3.05) is 0 Å². The average molecular weight is 250 g/mol. The molecule has 3 rings (SSSR count). The molecule has 1 nitrogen and oxygen atoms in total. The molecule has 0 N–H and O–H groups in total. The lowest BCUT2D eigenvalue weighted by molar-refractivity contribution is 0.103. The van der Waals surface area contributed by atoms with Gasteiger partial charge in [-0.15, -0.1) is 0 Å². The molecule has 0 unspecified atom stereocenters. The fourth-order valence-corrected chi connectivity index (χ4v) is 3.05. The van der Waals surface area contributed by atoms with Crippen LogP contribution in [0.5, 0.6) is 0 Å². The molecule has 0 bridgehead atoms. The molecule has 0 saturated carbocycles. The minimum Gasteiger partial charge on any atom is -0.289 e. The van der Waals surface area contributed by atoms with Gasteiger partial charge in [-0.05, 0) is 17.5 Å². The van der Waals surface area contributed by atoms with Crippen LogP contribution in [0.25, 0.3) is 0 Å². The maximum absolute atomic E-state index is 12.5. The minimum absolute atomic E-state index is 0.180. The topological polar surface area (TPSA) is 17.1 Å². The molecule has 0 amide bonds. The first-order chi connectivity index (χ1) is 9.33. The first-order valence-corrected chi connectivity index (χ1v) is 7.05. The second-order valence-electron chi connectivity index (χ2n) is 5.20. The average Bonchev–Trinajstić information content (AvgIpc) is 2.47. The quantitative estimate of drug-likeness (QED) is 0.780. The van der Waals surface area contributed by atoms with E-state index in [1.165, 1.54) is 24.0 Å². The molecule has 0 radical (unpaired) electrons. The van der Waals surface area contributed by atoms with E-state index in [9.17, 15) is 4.79 Å². The monoisotopic (exact) mass is 250 g/mol. The third-order valence-electron chi connectivity index (χ3n) is 4.01. The molecule has 96 valence electrons. The number of benzene rings is 2. The second-order valence-corrected chi connectivity index (χ2v) is 5.20. The Labute approximate surface area is 114 Å². The molecule has 1 aliphatic carbocycles. The predicted molar refractivity (Wildman–Crippen MR) is 77.7 cm³/mol. The van der Waals surface area contributed by atoms with Crippen molar-refractivity contribution in [3.05, 3.63) is 70.8 Å². The zero-order valence-corrected chi connectivity index (χ0v) is 11.2. The van der Waals surface area contributed by atoms with Gasteiger partial charge in [0, 0.05) is 17.0 Å². The predicted octanol–water partition coefficient (Wildman–Crippen LogP) is 4.55. The standard InChI is InChI=1S/C18H18O/c1-2-3-8-13-14-9-4-6-11-16(14)18(19)17-12-7-5-10-15(13)17/h4-7,9-13H,2-3,8H2,1H3. The van der Waals surface area contributed by atoms with Crippen molar-refractivity contribution in [1.82, 2.24) is 0 Å². The van der Waals surface area contributed by atoms with Crippen LogP contribution in [0.3, 0.4) is 0 Å². The summed E-state index contributed by atoms with van der Waals surface area (Å²) in [5, 5.41) is 0. The van der Waals surface area contributed by atoms with E-state index >= 15 is 0 Å². The van der Waals surface area contributed by atoms with Crippen LogP contribution < -0.4 is 0 Å². The van der Waals surface area contributed by atoms with E-state index in [0.717, 1.165) is 17.5 Å². The molecule has 2 aromatic rings. The van der Waals surface area contributed by atoms with Crippen LogP contribution in [0.2, 0.25) is 0 Å². The molecular formula is C18H18O. The van der Waals surface area contributed by atoms with Crippen molar-refractivity contribution >= 4 is 5.78 Å². The Balaban J connectivity index is 2.15. The molecule has 0 atom stereocenters. The van der Waals surface area contributed by atoms with Crippen LogP contribution in [0.15, 0.2) is 48.5 Å². The first kappa shape index (κ1) is 12.2. The number of ketones is 1. The van der Waals surface area contributed by atoms with Gasteiger partial charge in [0.05, 0.1) is 0 Å². The van der Waals surface area contributed by atoms with Crippen molar-refractivity contribution in [3.63, 3.8) is 0 Å². The molecule has 0 spiro atoms. The van der Waals surface area contributed by atoms with Gasteiger partial charge < -0.3 is 0 Å². The summed E-state index contributed by atoms with van der Waals surface area (Å²) in [7, 11) is 0. The van der Waals surface area contributed by atoms with Crippen molar-refractivity contribution < 1.29 is 4.79 Å². The zero-order chi connectivity index (χ0) is 13.2. The Morgan fingerprint density at radius 3 is 1.95 bits per heavy atom. The molecule has 1 aliphatic rings. The normalized spacial score (nSPS) is 14.1. The lowest BCUT2D eigenvalue weighted by atomic mass is 9.75. The number of fused-ring (bicyclic) bond motifs is 2. The van der Waals surface area contributed by atoms with Crippen molar-refractivity contribution in [3.8, 4) is 0 Å². The lowest BCUT2D eigenvalue weighted by Crippen LogP contribution is -2.19. The van der Waals surface area contributed by atoms with Crippen LogP contribution in [0.1, 0.15) is 59.2 Å². The summed E-state index contributed by atoms with van der Waals surface area (Å²) in [4.78, 5) is 12.5. The Kier molecular flexibility index (Phi) is 3.20. The van der Waals surface area contributed by atoms with E-state index in [0.29, 0.717) is 5.92 Å². The van der Waals surface area contributed by atoms with Gasteiger partial charge in [0.15, 0.2) is 5.78 Å². The molecule has 0 heterocycles. The van der Waals surface area contributed by atoms with Crippen LogP contribution >= 0.6 is 0 Å². The smallest absolute Gasteiger partial charge is 0.193 e. The van der Waals surface area contributed by atoms with Crippen LogP contribution in [-0.4, -0.2) is 5.78 Å². The number of hydrogen-bond donors (Lipinski definition) is 0. The maximum Gasteiger partial charge on any atom is 0.193 e. The van der Waals surface area contributed by atoms with Gasteiger partial charge in [-0.2, -0.15) is 0 Å². The van der Waals surface area contributed by atoms with Gasteiger partial charge >= 0.3 is 0 Å². The largest absolute Gasteiger partial charge is 0.289 e. The van der Waals surface area contributed by atoms with Crippen LogP contribution in [0, 0.1) is 0 Å². The molecule has 0 fully saturated rings. The highest BCUT2D eigenvalue weighted by Crippen LogP contribution is 2.39. The summed E-state index contributed by atoms with van der Waals surface area (Å²) < 4.78 is 0. The highest BCUT2D eigenvalue weighted by Gasteiger charge is 2.29. The third-order valence-corrected chi connectivity index (χ3v) is 4.01. The molecule has 0 aliphatic heterocycles. The maximum atomic E-state index is 12.5. The number of hydrogen-bond acceptors (Lipinski definition) is 1. The van der Waals surface area contributed by atoms with Crippen molar-refractivity contribution in [2.24, 2.45) is 0 Å². The highest BCUT2D eigenvalue weighted by atomic mass is 16.1. The molecule has 0 saturated heterocycles. The lowest BCUT2D eigenvalue weighted by Gasteiger charge is -2.27. The van der Waals surface area contributed by atoms with E-state index < -0.39 is 0 Å². The number of carbonyl (C=O) groups excluding carboxylic acids is 1. The Morgan fingerprint density at radius 2 is 1.42 bits per heavy atom. The van der Waals surface area contributed by atoms with Gasteiger partial charge in [0.1, 0.15) is 0 Å². The number of unbranched alkanes of at least 4 members (excludes halogenated alkanes) is 1. The SMILES string of the molecule is CCCCC1c2ccccc2C(=O)c2ccccc21. The molecule has 19 heavy (non-hydrogen) atoms. The Hall–Kier alpha value is -1.89. The van der Waals surface area contributed by atoms with Crippen molar-refractivity contribution in [2.45, 2.75) is 32.1 Å². The summed E-state index contributed by atoms with van der Waals surface area (Å²) in [5.41, 5.74) is 4.20. The van der Waals surface area contributed by atoms with Gasteiger partial charge in [-0.1, -0.05) is 68.3 Å². The van der Waals surface area contributed by atoms with Gasteiger partial charge in [0.25, 0.3) is 0 Å². The fraction of sp³-hybridized carbons (Fsp3) is 0.278. The van der Waals surface area contributed by atoms with Gasteiger partial charge in [0.2, 0.25) is 0 Å². The highest BCUT2D eigenvalue weighted by molar-refractivity contribution is 6.12. The van der Waals surface area contributed by atoms with E-state index in [4.69, 9.17) is 0 Å². The summed E-state index contributed by atoms with van der Waals surface area (Å²) in [6, 6.07) is 16.2.